The molecule has 62 valence electrons. The molecule has 1 heterocycles. The predicted octanol–water partition coefficient (Wildman–Crippen LogP) is 1.41. The van der Waals surface area contributed by atoms with Crippen molar-refractivity contribution in [3.63, 3.8) is 0 Å². The molecule has 0 aromatic carbocycles. The Morgan fingerprint density at radius 3 is 2.36 bits per heavy atom. The van der Waals surface area contributed by atoms with Gasteiger partial charge in [-0.2, -0.15) is 0 Å². The van der Waals surface area contributed by atoms with Crippen LogP contribution < -0.4 is 0 Å². The fourth-order valence-corrected chi connectivity index (χ4v) is 2.34. The van der Waals surface area contributed by atoms with E-state index in [1.54, 1.807) is 0 Å². The summed E-state index contributed by atoms with van der Waals surface area (Å²) in [4.78, 5) is 13.6. The van der Waals surface area contributed by atoms with Crippen LogP contribution in [-0.2, 0) is 4.79 Å². The maximum Gasteiger partial charge on any atom is 0.228 e. The molecule has 0 bridgehead atoms. The van der Waals surface area contributed by atoms with Gasteiger partial charge in [0.05, 0.1) is 0 Å². The molecule has 2 rings (SSSR count). The Labute approximate surface area is 67.6 Å². The molecular formula is C9H15NO. The summed E-state index contributed by atoms with van der Waals surface area (Å²) in [6, 6.07) is 0. The molecule has 2 nitrogen and oxygen atoms in total. The third kappa shape index (κ3) is 0.883. The summed E-state index contributed by atoms with van der Waals surface area (Å²) in [7, 11) is 1.93. The van der Waals surface area contributed by atoms with Crippen LogP contribution in [0.2, 0.25) is 0 Å². The van der Waals surface area contributed by atoms with E-state index >= 15 is 0 Å². The van der Waals surface area contributed by atoms with E-state index in [2.05, 4.69) is 0 Å². The van der Waals surface area contributed by atoms with Crippen LogP contribution in [0.25, 0.3) is 0 Å². The monoisotopic (exact) mass is 153 g/mol. The quantitative estimate of drug-likeness (QED) is 0.515. The van der Waals surface area contributed by atoms with Gasteiger partial charge in [0.25, 0.3) is 0 Å². The summed E-state index contributed by atoms with van der Waals surface area (Å²) in [5, 5.41) is 0. The standard InChI is InChI=1S/C9H15NO/c1-10-7-3-6-9(8(10)11)4-2-5-9/h2-7H2,1H3. The van der Waals surface area contributed by atoms with Gasteiger partial charge in [0.2, 0.25) is 5.91 Å². The molecule has 1 saturated carbocycles. The number of piperidine rings is 1. The molecule has 2 aliphatic rings. The van der Waals surface area contributed by atoms with Crippen LogP contribution >= 0.6 is 0 Å². The first-order chi connectivity index (χ1) is 5.25. The summed E-state index contributed by atoms with van der Waals surface area (Å²) in [6.45, 7) is 0.973. The molecule has 2 heteroatoms. The number of likely N-dealkylation sites (tertiary alicyclic amines) is 1. The molecule has 0 N–H and O–H groups in total. The Morgan fingerprint density at radius 1 is 1.27 bits per heavy atom. The smallest absolute Gasteiger partial charge is 0.228 e. The number of amides is 1. The minimum absolute atomic E-state index is 0.118. The molecule has 0 radical (unpaired) electrons. The first-order valence-corrected chi connectivity index (χ1v) is 4.50. The second-order valence-electron chi connectivity index (χ2n) is 3.96. The average Bonchev–Trinajstić information content (AvgIpc) is 1.91. The molecule has 0 aromatic heterocycles. The zero-order valence-corrected chi connectivity index (χ0v) is 7.10. The lowest BCUT2D eigenvalue weighted by Crippen LogP contribution is -2.50. The van der Waals surface area contributed by atoms with E-state index in [0.29, 0.717) is 5.91 Å². The van der Waals surface area contributed by atoms with E-state index < -0.39 is 0 Å². The van der Waals surface area contributed by atoms with Gasteiger partial charge < -0.3 is 4.90 Å². The van der Waals surface area contributed by atoms with Gasteiger partial charge in [-0.1, -0.05) is 6.42 Å². The summed E-state index contributed by atoms with van der Waals surface area (Å²) in [5.74, 6) is 0.412. The maximum atomic E-state index is 11.7. The van der Waals surface area contributed by atoms with Gasteiger partial charge in [-0.3, -0.25) is 4.79 Å². The van der Waals surface area contributed by atoms with Crippen LogP contribution in [0.5, 0.6) is 0 Å². The van der Waals surface area contributed by atoms with Gasteiger partial charge in [0.1, 0.15) is 0 Å². The minimum Gasteiger partial charge on any atom is -0.345 e. The fourth-order valence-electron chi connectivity index (χ4n) is 2.34. The number of hydrogen-bond donors (Lipinski definition) is 0. The molecule has 1 amide bonds. The highest BCUT2D eigenvalue weighted by Gasteiger charge is 2.46. The average molecular weight is 153 g/mol. The van der Waals surface area contributed by atoms with E-state index in [-0.39, 0.29) is 5.41 Å². The van der Waals surface area contributed by atoms with Crippen molar-refractivity contribution in [3.05, 3.63) is 0 Å². The topological polar surface area (TPSA) is 20.3 Å². The van der Waals surface area contributed by atoms with Crippen molar-refractivity contribution in [1.82, 2.24) is 4.90 Å². The van der Waals surface area contributed by atoms with Crippen LogP contribution in [0.15, 0.2) is 0 Å². The first-order valence-electron chi connectivity index (χ1n) is 4.50. The first kappa shape index (κ1) is 7.14. The second-order valence-corrected chi connectivity index (χ2v) is 3.96. The van der Waals surface area contributed by atoms with Gasteiger partial charge in [-0.05, 0) is 25.7 Å². The maximum absolute atomic E-state index is 11.7. The van der Waals surface area contributed by atoms with Crippen LogP contribution in [-0.4, -0.2) is 24.4 Å². The lowest BCUT2D eigenvalue weighted by molar-refractivity contribution is -0.150. The highest BCUT2D eigenvalue weighted by Crippen LogP contribution is 2.47. The number of hydrogen-bond acceptors (Lipinski definition) is 1. The van der Waals surface area contributed by atoms with Gasteiger partial charge in [-0.15, -0.1) is 0 Å². The molecule has 1 aliphatic heterocycles. The molecular weight excluding hydrogens is 138 g/mol. The third-order valence-electron chi connectivity index (χ3n) is 3.26. The van der Waals surface area contributed by atoms with Crippen LogP contribution in [0.4, 0.5) is 0 Å². The Kier molecular flexibility index (Phi) is 1.44. The molecule has 0 aromatic rings. The SMILES string of the molecule is CN1CCCC2(CCC2)C1=O. The summed E-state index contributed by atoms with van der Waals surface area (Å²) in [5.41, 5.74) is 0.118. The fraction of sp³-hybridized carbons (Fsp3) is 0.889. The highest BCUT2D eigenvalue weighted by molar-refractivity contribution is 5.84. The van der Waals surface area contributed by atoms with E-state index in [9.17, 15) is 4.79 Å². The van der Waals surface area contributed by atoms with Crippen LogP contribution in [0, 0.1) is 5.41 Å². The molecule has 0 unspecified atom stereocenters. The van der Waals surface area contributed by atoms with Crippen molar-refractivity contribution >= 4 is 5.91 Å². The van der Waals surface area contributed by atoms with Gasteiger partial charge in [0.15, 0.2) is 0 Å². The van der Waals surface area contributed by atoms with Gasteiger partial charge in [0, 0.05) is 19.0 Å². The lowest BCUT2D eigenvalue weighted by Gasteiger charge is -2.46. The van der Waals surface area contributed by atoms with Crippen molar-refractivity contribution in [2.24, 2.45) is 5.41 Å². The minimum atomic E-state index is 0.118. The van der Waals surface area contributed by atoms with Gasteiger partial charge in [-0.25, -0.2) is 0 Å². The Bertz CT molecular complexity index is 184. The molecule has 0 atom stereocenters. The van der Waals surface area contributed by atoms with E-state index in [1.165, 1.54) is 12.8 Å². The normalized spacial score (nSPS) is 28.8. The lowest BCUT2D eigenvalue weighted by atomic mass is 9.64. The van der Waals surface area contributed by atoms with Crippen LogP contribution in [0.3, 0.4) is 0 Å². The van der Waals surface area contributed by atoms with Crippen molar-refractivity contribution in [2.45, 2.75) is 32.1 Å². The number of nitrogens with zero attached hydrogens (tertiary/aromatic N) is 1. The molecule has 2 fully saturated rings. The Morgan fingerprint density at radius 2 is 1.91 bits per heavy atom. The molecule has 1 saturated heterocycles. The molecule has 1 spiro atoms. The predicted molar refractivity (Wildman–Crippen MR) is 43.2 cm³/mol. The zero-order valence-electron chi connectivity index (χ0n) is 7.10. The Balaban J connectivity index is 2.14. The van der Waals surface area contributed by atoms with Crippen molar-refractivity contribution in [1.29, 1.82) is 0 Å². The van der Waals surface area contributed by atoms with E-state index in [4.69, 9.17) is 0 Å². The highest BCUT2D eigenvalue weighted by atomic mass is 16.2. The number of carbonyl (C=O) groups is 1. The summed E-state index contributed by atoms with van der Waals surface area (Å²) < 4.78 is 0. The van der Waals surface area contributed by atoms with Crippen molar-refractivity contribution in [2.75, 3.05) is 13.6 Å². The number of rotatable bonds is 0. The second kappa shape index (κ2) is 2.23. The molecule has 1 aliphatic carbocycles. The van der Waals surface area contributed by atoms with Crippen molar-refractivity contribution in [3.8, 4) is 0 Å². The van der Waals surface area contributed by atoms with Gasteiger partial charge >= 0.3 is 0 Å². The van der Waals surface area contributed by atoms with Crippen molar-refractivity contribution < 1.29 is 4.79 Å². The Hall–Kier alpha value is -0.530. The zero-order chi connectivity index (χ0) is 7.90. The van der Waals surface area contributed by atoms with Crippen LogP contribution in [0.1, 0.15) is 32.1 Å². The van der Waals surface area contributed by atoms with E-state index in [1.807, 2.05) is 11.9 Å². The summed E-state index contributed by atoms with van der Waals surface area (Å²) >= 11 is 0. The van der Waals surface area contributed by atoms with E-state index in [0.717, 1.165) is 25.8 Å². The number of carbonyl (C=O) groups excluding carboxylic acids is 1. The summed E-state index contributed by atoms with van der Waals surface area (Å²) in [6.07, 6.45) is 5.92. The molecule has 11 heavy (non-hydrogen) atoms. The largest absolute Gasteiger partial charge is 0.345 e. The third-order valence-corrected chi connectivity index (χ3v) is 3.26.